The van der Waals surface area contributed by atoms with Crippen LogP contribution in [0, 0.1) is 46.8 Å². The number of anilines is 1. The van der Waals surface area contributed by atoms with Crippen LogP contribution >= 0.6 is 0 Å². The molecule has 0 aliphatic heterocycles. The van der Waals surface area contributed by atoms with E-state index in [2.05, 4.69) is 17.5 Å². The third-order valence-electron chi connectivity index (χ3n) is 4.55. The molecule has 4 atom stereocenters. The predicted octanol–water partition coefficient (Wildman–Crippen LogP) is 4.39. The van der Waals surface area contributed by atoms with Crippen LogP contribution in [0.4, 0.5) is 27.6 Å². The van der Waals surface area contributed by atoms with Crippen LogP contribution in [0.2, 0.25) is 0 Å². The van der Waals surface area contributed by atoms with Gasteiger partial charge >= 0.3 is 0 Å². The average molecular weight is 303 g/mol. The lowest BCUT2D eigenvalue weighted by atomic mass is 9.87. The second-order valence-corrected chi connectivity index (χ2v) is 5.82. The highest BCUT2D eigenvalue weighted by Crippen LogP contribution is 2.45. The van der Waals surface area contributed by atoms with Crippen molar-refractivity contribution < 1.29 is 22.0 Å². The summed E-state index contributed by atoms with van der Waals surface area (Å²) in [7, 11) is 0. The van der Waals surface area contributed by atoms with Crippen molar-refractivity contribution in [1.82, 2.24) is 0 Å². The van der Waals surface area contributed by atoms with Crippen LogP contribution in [-0.4, -0.2) is 6.04 Å². The van der Waals surface area contributed by atoms with E-state index in [1.54, 1.807) is 6.92 Å². The van der Waals surface area contributed by atoms with Crippen LogP contribution in [0.1, 0.15) is 19.8 Å². The summed E-state index contributed by atoms with van der Waals surface area (Å²) in [5.74, 6) is -8.69. The van der Waals surface area contributed by atoms with Crippen LogP contribution in [0.5, 0.6) is 0 Å². The van der Waals surface area contributed by atoms with E-state index in [9.17, 15) is 22.0 Å². The summed E-state index contributed by atoms with van der Waals surface area (Å²) in [6.07, 6.45) is 6.04. The van der Waals surface area contributed by atoms with E-state index in [0.29, 0.717) is 11.8 Å². The Bertz CT molecular complexity index is 584. The second-order valence-electron chi connectivity index (χ2n) is 5.82. The molecule has 0 aromatic heterocycles. The minimum absolute atomic E-state index is 0.134. The van der Waals surface area contributed by atoms with Crippen molar-refractivity contribution in [1.29, 1.82) is 0 Å². The lowest BCUT2D eigenvalue weighted by Crippen LogP contribution is -2.30. The maximum atomic E-state index is 13.6. The highest BCUT2D eigenvalue weighted by atomic mass is 19.2. The van der Waals surface area contributed by atoms with E-state index in [0.717, 1.165) is 12.8 Å². The monoisotopic (exact) mass is 303 g/mol. The summed E-state index contributed by atoms with van der Waals surface area (Å²) in [5, 5.41) is 2.48. The molecule has 0 saturated heterocycles. The number of nitrogens with one attached hydrogen (secondary N) is 1. The molecule has 114 valence electrons. The molecule has 21 heavy (non-hydrogen) atoms. The largest absolute Gasteiger partial charge is 0.377 e. The number of benzene rings is 1. The Kier molecular flexibility index (Phi) is 3.42. The number of fused-ring (bicyclic) bond motifs is 2. The molecule has 1 N–H and O–H groups in total. The summed E-state index contributed by atoms with van der Waals surface area (Å²) >= 11 is 0. The molecule has 2 bridgehead atoms. The van der Waals surface area contributed by atoms with Gasteiger partial charge < -0.3 is 5.32 Å². The highest BCUT2D eigenvalue weighted by Gasteiger charge is 2.39. The zero-order valence-corrected chi connectivity index (χ0v) is 11.3. The van der Waals surface area contributed by atoms with Crippen LogP contribution in [-0.2, 0) is 0 Å². The average Bonchev–Trinajstić information content (AvgIpc) is 3.10. The first kappa shape index (κ1) is 14.4. The number of allylic oxidation sites excluding steroid dienone is 2. The van der Waals surface area contributed by atoms with Crippen molar-refractivity contribution in [3.05, 3.63) is 41.2 Å². The van der Waals surface area contributed by atoms with E-state index >= 15 is 0 Å². The van der Waals surface area contributed by atoms with Crippen molar-refractivity contribution in [3.8, 4) is 0 Å². The first-order chi connectivity index (χ1) is 9.90. The first-order valence-corrected chi connectivity index (χ1v) is 6.86. The fourth-order valence-corrected chi connectivity index (χ4v) is 3.46. The van der Waals surface area contributed by atoms with E-state index in [1.165, 1.54) is 0 Å². The minimum atomic E-state index is -2.13. The molecule has 4 unspecified atom stereocenters. The summed E-state index contributed by atoms with van der Waals surface area (Å²) in [4.78, 5) is 0. The molecule has 2 aliphatic rings. The molecule has 2 aliphatic carbocycles. The van der Waals surface area contributed by atoms with Crippen molar-refractivity contribution >= 4 is 5.69 Å². The Morgan fingerprint density at radius 1 is 0.905 bits per heavy atom. The highest BCUT2D eigenvalue weighted by molar-refractivity contribution is 5.48. The second kappa shape index (κ2) is 5.00. The van der Waals surface area contributed by atoms with Gasteiger partial charge in [0.2, 0.25) is 5.82 Å². The van der Waals surface area contributed by atoms with Gasteiger partial charge in [0.15, 0.2) is 23.3 Å². The Labute approximate surface area is 118 Å². The normalized spacial score (nSPS) is 28.2. The van der Waals surface area contributed by atoms with Crippen molar-refractivity contribution in [2.75, 3.05) is 5.32 Å². The van der Waals surface area contributed by atoms with Gasteiger partial charge in [-0.05, 0) is 37.5 Å². The standard InChI is InChI=1S/C15H14F5N/c1-6(9-5-7-2-3-8(9)4-7)21-15-13(19)11(17)10(16)12(18)14(15)20/h2-3,6-9,21H,4-5H2,1H3. The maximum absolute atomic E-state index is 13.6. The molecule has 0 heterocycles. The molecule has 1 fully saturated rings. The topological polar surface area (TPSA) is 12.0 Å². The third kappa shape index (κ3) is 2.21. The molecular formula is C15H14F5N. The van der Waals surface area contributed by atoms with E-state index in [4.69, 9.17) is 0 Å². The lowest BCUT2D eigenvalue weighted by Gasteiger charge is -2.27. The van der Waals surface area contributed by atoms with Crippen molar-refractivity contribution in [3.63, 3.8) is 0 Å². The zero-order chi connectivity index (χ0) is 15.3. The van der Waals surface area contributed by atoms with E-state index < -0.39 is 34.8 Å². The molecule has 1 aromatic carbocycles. The quantitative estimate of drug-likeness (QED) is 0.378. The zero-order valence-electron chi connectivity index (χ0n) is 11.3. The van der Waals surface area contributed by atoms with Gasteiger partial charge in [-0.2, -0.15) is 0 Å². The third-order valence-corrected chi connectivity index (χ3v) is 4.55. The maximum Gasteiger partial charge on any atom is 0.200 e. The number of rotatable bonds is 3. The van der Waals surface area contributed by atoms with Gasteiger partial charge in [0.1, 0.15) is 5.69 Å². The molecular weight excluding hydrogens is 289 g/mol. The fraction of sp³-hybridized carbons (Fsp3) is 0.467. The molecule has 0 radical (unpaired) electrons. The van der Waals surface area contributed by atoms with Gasteiger partial charge in [0, 0.05) is 6.04 Å². The Balaban J connectivity index is 1.87. The molecule has 3 rings (SSSR count). The van der Waals surface area contributed by atoms with E-state index in [-0.39, 0.29) is 12.0 Å². The van der Waals surface area contributed by atoms with Crippen molar-refractivity contribution in [2.45, 2.75) is 25.8 Å². The van der Waals surface area contributed by atoms with Gasteiger partial charge in [-0.1, -0.05) is 12.2 Å². The lowest BCUT2D eigenvalue weighted by molar-refractivity contribution is 0.372. The number of hydrogen-bond acceptors (Lipinski definition) is 1. The van der Waals surface area contributed by atoms with Crippen LogP contribution < -0.4 is 5.32 Å². The molecule has 6 heteroatoms. The molecule has 0 amide bonds. The summed E-state index contributed by atoms with van der Waals surface area (Å²) in [6.45, 7) is 1.71. The summed E-state index contributed by atoms with van der Waals surface area (Å²) in [6, 6.07) is -0.377. The van der Waals surface area contributed by atoms with Crippen LogP contribution in [0.25, 0.3) is 0 Å². The Hall–Kier alpha value is -1.59. The van der Waals surface area contributed by atoms with E-state index in [1.807, 2.05) is 0 Å². The smallest absolute Gasteiger partial charge is 0.200 e. The fourth-order valence-electron chi connectivity index (χ4n) is 3.46. The number of hydrogen-bond donors (Lipinski definition) is 1. The van der Waals surface area contributed by atoms with Crippen LogP contribution in [0.3, 0.4) is 0 Å². The van der Waals surface area contributed by atoms with Gasteiger partial charge in [-0.15, -0.1) is 0 Å². The Morgan fingerprint density at radius 3 is 1.95 bits per heavy atom. The summed E-state index contributed by atoms with van der Waals surface area (Å²) in [5.41, 5.74) is -0.939. The number of halogens is 5. The minimum Gasteiger partial charge on any atom is -0.377 e. The predicted molar refractivity (Wildman–Crippen MR) is 68.2 cm³/mol. The van der Waals surface area contributed by atoms with Gasteiger partial charge in [-0.3, -0.25) is 0 Å². The van der Waals surface area contributed by atoms with Crippen LogP contribution in [0.15, 0.2) is 12.2 Å². The van der Waals surface area contributed by atoms with Gasteiger partial charge in [0.25, 0.3) is 0 Å². The van der Waals surface area contributed by atoms with Crippen molar-refractivity contribution in [2.24, 2.45) is 17.8 Å². The summed E-state index contributed by atoms with van der Waals surface area (Å²) < 4.78 is 66.6. The first-order valence-electron chi connectivity index (χ1n) is 6.86. The molecule has 0 spiro atoms. The Morgan fingerprint density at radius 2 is 1.48 bits per heavy atom. The molecule has 1 nitrogen and oxygen atoms in total. The van der Waals surface area contributed by atoms with Gasteiger partial charge in [0.05, 0.1) is 0 Å². The molecule has 1 aromatic rings. The SMILES string of the molecule is CC(Nc1c(F)c(F)c(F)c(F)c1F)C1CC2C=CC1C2. The van der Waals surface area contributed by atoms with Gasteiger partial charge in [-0.25, -0.2) is 22.0 Å². The molecule has 1 saturated carbocycles.